The van der Waals surface area contributed by atoms with Gasteiger partial charge in [-0.05, 0) is 44.0 Å². The summed E-state index contributed by atoms with van der Waals surface area (Å²) in [6, 6.07) is 7.12. The lowest BCUT2D eigenvalue weighted by Crippen LogP contribution is -2.30. The molecule has 0 radical (unpaired) electrons. The van der Waals surface area contributed by atoms with E-state index in [-0.39, 0.29) is 23.7 Å². The molecule has 1 aliphatic carbocycles. The van der Waals surface area contributed by atoms with Gasteiger partial charge in [0.25, 0.3) is 0 Å². The van der Waals surface area contributed by atoms with Crippen molar-refractivity contribution in [1.82, 2.24) is 0 Å². The number of imide groups is 1. The van der Waals surface area contributed by atoms with Gasteiger partial charge < -0.3 is 4.74 Å². The van der Waals surface area contributed by atoms with Crippen LogP contribution in [0.5, 0.6) is 5.75 Å². The van der Waals surface area contributed by atoms with Crippen LogP contribution in [0.25, 0.3) is 0 Å². The van der Waals surface area contributed by atoms with E-state index < -0.39 is 0 Å². The first-order valence-electron chi connectivity index (χ1n) is 6.98. The summed E-state index contributed by atoms with van der Waals surface area (Å²) in [5.41, 5.74) is 0.637. The molecule has 2 aliphatic rings. The van der Waals surface area contributed by atoms with Gasteiger partial charge in [0.1, 0.15) is 5.75 Å². The lowest BCUT2D eigenvalue weighted by atomic mass is 9.85. The van der Waals surface area contributed by atoms with Crippen LogP contribution in [0.3, 0.4) is 0 Å². The maximum Gasteiger partial charge on any atom is 0.238 e. The first kappa shape index (κ1) is 12.9. The van der Waals surface area contributed by atoms with Crippen molar-refractivity contribution in [2.24, 2.45) is 11.8 Å². The minimum atomic E-state index is -0.181. The number of hydrogen-bond donors (Lipinski definition) is 0. The summed E-state index contributed by atoms with van der Waals surface area (Å²) >= 11 is 0. The molecule has 20 heavy (non-hydrogen) atoms. The third-order valence-corrected chi connectivity index (χ3v) is 3.91. The molecule has 0 unspecified atom stereocenters. The average molecular weight is 271 g/mol. The van der Waals surface area contributed by atoms with Crippen molar-refractivity contribution in [3.8, 4) is 5.75 Å². The molecular formula is C16H17NO3. The van der Waals surface area contributed by atoms with Crippen molar-refractivity contribution in [1.29, 1.82) is 0 Å². The van der Waals surface area contributed by atoms with Crippen molar-refractivity contribution in [2.75, 3.05) is 11.5 Å². The van der Waals surface area contributed by atoms with Crippen LogP contribution in [-0.4, -0.2) is 18.4 Å². The Bertz CT molecular complexity index is 536. The van der Waals surface area contributed by atoms with E-state index in [0.717, 1.165) is 5.75 Å². The highest BCUT2D eigenvalue weighted by Crippen LogP contribution is 2.37. The second-order valence-electron chi connectivity index (χ2n) is 5.09. The molecule has 1 saturated heterocycles. The molecule has 0 saturated carbocycles. The largest absolute Gasteiger partial charge is 0.494 e. The minimum Gasteiger partial charge on any atom is -0.494 e. The van der Waals surface area contributed by atoms with Crippen LogP contribution in [0, 0.1) is 11.8 Å². The predicted molar refractivity (Wildman–Crippen MR) is 75.5 cm³/mol. The zero-order valence-corrected chi connectivity index (χ0v) is 11.4. The number of ether oxygens (including phenoxy) is 1. The number of amides is 2. The first-order chi connectivity index (χ1) is 9.72. The Labute approximate surface area is 118 Å². The van der Waals surface area contributed by atoms with Crippen LogP contribution >= 0.6 is 0 Å². The summed E-state index contributed by atoms with van der Waals surface area (Å²) in [4.78, 5) is 26.1. The third-order valence-electron chi connectivity index (χ3n) is 3.91. The summed E-state index contributed by atoms with van der Waals surface area (Å²) in [5, 5.41) is 0. The molecule has 1 aromatic rings. The highest BCUT2D eigenvalue weighted by molar-refractivity contribution is 6.22. The molecule has 1 aliphatic heterocycles. The zero-order chi connectivity index (χ0) is 14.1. The van der Waals surface area contributed by atoms with Crippen LogP contribution in [0.15, 0.2) is 36.4 Å². The summed E-state index contributed by atoms with van der Waals surface area (Å²) in [6.07, 6.45) is 5.33. The van der Waals surface area contributed by atoms with Crippen molar-refractivity contribution < 1.29 is 14.3 Å². The molecule has 1 fully saturated rings. The Morgan fingerprint density at radius 3 is 2.10 bits per heavy atom. The molecule has 2 amide bonds. The van der Waals surface area contributed by atoms with Gasteiger partial charge in [0.2, 0.25) is 11.8 Å². The lowest BCUT2D eigenvalue weighted by Gasteiger charge is -2.15. The Hall–Kier alpha value is -2.10. The van der Waals surface area contributed by atoms with E-state index in [1.807, 2.05) is 19.1 Å². The van der Waals surface area contributed by atoms with Gasteiger partial charge in [-0.25, -0.2) is 0 Å². The number of anilines is 1. The van der Waals surface area contributed by atoms with E-state index in [0.29, 0.717) is 25.1 Å². The fraction of sp³-hybridized carbons (Fsp3) is 0.375. The van der Waals surface area contributed by atoms with E-state index in [1.165, 1.54) is 4.90 Å². The van der Waals surface area contributed by atoms with Crippen molar-refractivity contribution in [2.45, 2.75) is 19.8 Å². The van der Waals surface area contributed by atoms with Gasteiger partial charge in [-0.1, -0.05) is 12.2 Å². The Morgan fingerprint density at radius 2 is 1.60 bits per heavy atom. The number of carbonyl (C=O) groups excluding carboxylic acids is 2. The number of rotatable bonds is 3. The molecule has 3 rings (SSSR count). The molecule has 0 spiro atoms. The van der Waals surface area contributed by atoms with Crippen LogP contribution in [0.1, 0.15) is 19.8 Å². The predicted octanol–water partition coefficient (Wildman–Crippen LogP) is 2.54. The summed E-state index contributed by atoms with van der Waals surface area (Å²) in [7, 11) is 0. The number of hydrogen-bond acceptors (Lipinski definition) is 3. The third kappa shape index (κ3) is 2.01. The molecular weight excluding hydrogens is 254 g/mol. The molecule has 104 valence electrons. The number of carbonyl (C=O) groups is 2. The van der Waals surface area contributed by atoms with Crippen molar-refractivity contribution >= 4 is 17.5 Å². The molecule has 2 atom stereocenters. The SMILES string of the molecule is CCOc1ccc(N2C(=O)[C@H]3CC=CC[C@H]3C2=O)cc1. The van der Waals surface area contributed by atoms with Crippen LogP contribution in [0.4, 0.5) is 5.69 Å². The van der Waals surface area contributed by atoms with E-state index >= 15 is 0 Å². The maximum absolute atomic E-state index is 12.4. The van der Waals surface area contributed by atoms with Crippen molar-refractivity contribution in [3.05, 3.63) is 36.4 Å². The van der Waals surface area contributed by atoms with E-state index in [4.69, 9.17) is 4.74 Å². The normalized spacial score (nSPS) is 24.9. The minimum absolute atomic E-state index is 0.0755. The van der Waals surface area contributed by atoms with Crippen LogP contribution < -0.4 is 9.64 Å². The molecule has 4 nitrogen and oxygen atoms in total. The first-order valence-corrected chi connectivity index (χ1v) is 6.98. The monoisotopic (exact) mass is 271 g/mol. The van der Waals surface area contributed by atoms with Gasteiger partial charge in [-0.2, -0.15) is 0 Å². The van der Waals surface area contributed by atoms with Crippen molar-refractivity contribution in [3.63, 3.8) is 0 Å². The van der Waals surface area contributed by atoms with E-state index in [9.17, 15) is 9.59 Å². The fourth-order valence-electron chi connectivity index (χ4n) is 2.91. The summed E-state index contributed by atoms with van der Waals surface area (Å²) in [5.74, 6) is 0.231. The average Bonchev–Trinajstić information content (AvgIpc) is 2.73. The number of benzene rings is 1. The van der Waals surface area contributed by atoms with Gasteiger partial charge >= 0.3 is 0 Å². The Kier molecular flexibility index (Phi) is 3.30. The Morgan fingerprint density at radius 1 is 1.05 bits per heavy atom. The zero-order valence-electron chi connectivity index (χ0n) is 11.4. The van der Waals surface area contributed by atoms with Gasteiger partial charge in [0.05, 0.1) is 24.1 Å². The van der Waals surface area contributed by atoms with E-state index in [2.05, 4.69) is 0 Å². The fourth-order valence-corrected chi connectivity index (χ4v) is 2.91. The second kappa shape index (κ2) is 5.12. The molecule has 0 N–H and O–H groups in total. The van der Waals surface area contributed by atoms with Crippen LogP contribution in [-0.2, 0) is 9.59 Å². The van der Waals surface area contributed by atoms with Gasteiger partial charge in [0.15, 0.2) is 0 Å². The lowest BCUT2D eigenvalue weighted by molar-refractivity contribution is -0.122. The maximum atomic E-state index is 12.4. The number of fused-ring (bicyclic) bond motifs is 1. The quantitative estimate of drug-likeness (QED) is 0.627. The molecule has 4 heteroatoms. The second-order valence-corrected chi connectivity index (χ2v) is 5.09. The highest BCUT2D eigenvalue weighted by atomic mass is 16.5. The van der Waals surface area contributed by atoms with Crippen LogP contribution in [0.2, 0.25) is 0 Å². The highest BCUT2D eigenvalue weighted by Gasteiger charge is 2.47. The van der Waals surface area contributed by atoms with Gasteiger partial charge in [0, 0.05) is 0 Å². The number of allylic oxidation sites excluding steroid dienone is 2. The van der Waals surface area contributed by atoms with E-state index in [1.54, 1.807) is 24.3 Å². The molecule has 1 aromatic carbocycles. The van der Waals surface area contributed by atoms with Gasteiger partial charge in [-0.15, -0.1) is 0 Å². The topological polar surface area (TPSA) is 46.6 Å². The number of nitrogens with zero attached hydrogens (tertiary/aromatic N) is 1. The standard InChI is InChI=1S/C16H17NO3/c1-2-20-12-9-7-11(8-10-12)17-15(18)13-5-3-4-6-14(13)16(17)19/h3-4,7-10,13-14H,2,5-6H2,1H3/t13-,14+. The molecule has 1 heterocycles. The van der Waals surface area contributed by atoms with Gasteiger partial charge in [-0.3, -0.25) is 14.5 Å². The molecule has 0 bridgehead atoms. The summed E-state index contributed by atoms with van der Waals surface area (Å²) < 4.78 is 5.37. The Balaban J connectivity index is 1.86. The summed E-state index contributed by atoms with van der Waals surface area (Å²) in [6.45, 7) is 2.51. The smallest absolute Gasteiger partial charge is 0.238 e. The molecule has 0 aromatic heterocycles.